The molecule has 10 heteroatoms. The number of alkyl halides is 6. The van der Waals surface area contributed by atoms with E-state index in [1.54, 1.807) is 0 Å². The molecule has 26 heavy (non-hydrogen) atoms. The SMILES string of the molecule is CC(C(=O)Nc1ccccc1C(F)(F)F)n1cc(C(F)(F)F)ccc1=O. The summed E-state index contributed by atoms with van der Waals surface area (Å²) in [4.78, 5) is 23.9. The summed E-state index contributed by atoms with van der Waals surface area (Å²) in [5.74, 6) is -1.07. The molecule has 1 atom stereocenters. The number of para-hydroxylation sites is 1. The first-order chi connectivity index (χ1) is 11.9. The third kappa shape index (κ3) is 4.24. The number of aromatic nitrogens is 1. The standard InChI is InChI=1S/C16H12F6N2O2/c1-9(24-8-10(15(17,18)19)6-7-13(24)25)14(26)23-12-5-3-2-4-11(12)16(20,21)22/h2-9H,1H3,(H,23,26). The van der Waals surface area contributed by atoms with Crippen LogP contribution in [0.4, 0.5) is 32.0 Å². The zero-order valence-corrected chi connectivity index (χ0v) is 13.2. The van der Waals surface area contributed by atoms with Gasteiger partial charge in [0.05, 0.1) is 16.8 Å². The van der Waals surface area contributed by atoms with Crippen molar-refractivity contribution in [1.29, 1.82) is 0 Å². The summed E-state index contributed by atoms with van der Waals surface area (Å²) in [5, 5.41) is 2.00. The van der Waals surface area contributed by atoms with Crippen molar-refractivity contribution >= 4 is 11.6 Å². The highest BCUT2D eigenvalue weighted by atomic mass is 19.4. The molecule has 1 amide bonds. The van der Waals surface area contributed by atoms with Crippen LogP contribution < -0.4 is 10.9 Å². The summed E-state index contributed by atoms with van der Waals surface area (Å²) in [6.45, 7) is 1.10. The second kappa shape index (κ2) is 6.85. The summed E-state index contributed by atoms with van der Waals surface area (Å²) in [5.41, 5.74) is -3.73. The maximum Gasteiger partial charge on any atom is 0.418 e. The first-order valence-electron chi connectivity index (χ1n) is 7.17. The number of nitrogens with zero attached hydrogens (tertiary/aromatic N) is 1. The van der Waals surface area contributed by atoms with Crippen molar-refractivity contribution in [3.63, 3.8) is 0 Å². The normalized spacial score (nSPS) is 13.3. The molecule has 0 aliphatic carbocycles. The molecule has 1 unspecified atom stereocenters. The van der Waals surface area contributed by atoms with Crippen LogP contribution in [0.5, 0.6) is 0 Å². The Kier molecular flexibility index (Phi) is 5.15. The van der Waals surface area contributed by atoms with E-state index in [-0.39, 0.29) is 0 Å². The number of hydrogen-bond donors (Lipinski definition) is 1. The molecule has 1 aromatic heterocycles. The van der Waals surface area contributed by atoms with Gasteiger partial charge in [-0.3, -0.25) is 9.59 Å². The summed E-state index contributed by atoms with van der Waals surface area (Å²) in [6, 6.07) is 3.86. The second-order valence-corrected chi connectivity index (χ2v) is 5.37. The lowest BCUT2D eigenvalue weighted by atomic mass is 10.1. The summed E-state index contributed by atoms with van der Waals surface area (Å²) < 4.78 is 77.6. The van der Waals surface area contributed by atoms with Crippen LogP contribution in [-0.2, 0) is 17.1 Å². The van der Waals surface area contributed by atoms with Crippen LogP contribution in [0, 0.1) is 0 Å². The lowest BCUT2D eigenvalue weighted by Gasteiger charge is -2.19. The van der Waals surface area contributed by atoms with Gasteiger partial charge in [0.15, 0.2) is 0 Å². The van der Waals surface area contributed by atoms with E-state index in [0.29, 0.717) is 22.9 Å². The number of carbonyl (C=O) groups is 1. The maximum atomic E-state index is 12.9. The number of nitrogens with one attached hydrogen (secondary N) is 1. The highest BCUT2D eigenvalue weighted by Gasteiger charge is 2.34. The number of pyridine rings is 1. The summed E-state index contributed by atoms with van der Waals surface area (Å²) in [6.07, 6.45) is -9.03. The van der Waals surface area contributed by atoms with E-state index in [2.05, 4.69) is 0 Å². The highest BCUT2D eigenvalue weighted by molar-refractivity contribution is 5.94. The number of hydrogen-bond acceptors (Lipinski definition) is 2. The van der Waals surface area contributed by atoms with Crippen molar-refractivity contribution in [1.82, 2.24) is 4.57 Å². The van der Waals surface area contributed by atoms with Gasteiger partial charge in [0.1, 0.15) is 6.04 Å². The molecular weight excluding hydrogens is 366 g/mol. The average Bonchev–Trinajstić information content (AvgIpc) is 2.53. The summed E-state index contributed by atoms with van der Waals surface area (Å²) in [7, 11) is 0. The third-order valence-electron chi connectivity index (χ3n) is 3.55. The van der Waals surface area contributed by atoms with Crippen molar-refractivity contribution in [2.75, 3.05) is 5.32 Å². The molecule has 0 saturated heterocycles. The predicted molar refractivity (Wildman–Crippen MR) is 80.5 cm³/mol. The van der Waals surface area contributed by atoms with Crippen molar-refractivity contribution in [3.05, 3.63) is 64.1 Å². The third-order valence-corrected chi connectivity index (χ3v) is 3.55. The van der Waals surface area contributed by atoms with E-state index in [4.69, 9.17) is 0 Å². The fourth-order valence-corrected chi connectivity index (χ4v) is 2.18. The van der Waals surface area contributed by atoms with E-state index in [0.717, 1.165) is 25.1 Å². The number of carbonyl (C=O) groups excluding carboxylic acids is 1. The van der Waals surface area contributed by atoms with Crippen LogP contribution in [-0.4, -0.2) is 10.5 Å². The number of rotatable bonds is 3. The highest BCUT2D eigenvalue weighted by Crippen LogP contribution is 2.35. The van der Waals surface area contributed by atoms with Crippen molar-refractivity contribution in [3.8, 4) is 0 Å². The van der Waals surface area contributed by atoms with Gasteiger partial charge in [-0.05, 0) is 25.1 Å². The molecule has 1 aromatic carbocycles. The van der Waals surface area contributed by atoms with Gasteiger partial charge in [-0.2, -0.15) is 26.3 Å². The van der Waals surface area contributed by atoms with Gasteiger partial charge in [-0.1, -0.05) is 12.1 Å². The van der Waals surface area contributed by atoms with Gasteiger partial charge in [-0.15, -0.1) is 0 Å². The van der Waals surface area contributed by atoms with Gasteiger partial charge in [-0.25, -0.2) is 0 Å². The largest absolute Gasteiger partial charge is 0.418 e. The molecular formula is C16H12F6N2O2. The lowest BCUT2D eigenvalue weighted by molar-refractivity contribution is -0.138. The molecule has 0 radical (unpaired) electrons. The molecule has 140 valence electrons. The number of benzene rings is 1. The van der Waals surface area contributed by atoms with E-state index in [1.165, 1.54) is 6.07 Å². The van der Waals surface area contributed by atoms with Gasteiger partial charge < -0.3 is 9.88 Å². The predicted octanol–water partition coefficient (Wildman–Crippen LogP) is 4.09. The molecule has 0 saturated carbocycles. The van der Waals surface area contributed by atoms with E-state index in [9.17, 15) is 35.9 Å². The molecule has 0 bridgehead atoms. The number of amides is 1. The monoisotopic (exact) mass is 378 g/mol. The van der Waals surface area contributed by atoms with Gasteiger partial charge in [0, 0.05) is 12.3 Å². The Hall–Kier alpha value is -2.78. The summed E-state index contributed by atoms with van der Waals surface area (Å²) >= 11 is 0. The Labute approximate surface area is 143 Å². The van der Waals surface area contributed by atoms with Crippen LogP contribution in [0.15, 0.2) is 47.4 Å². The Bertz CT molecular complexity index is 870. The Morgan fingerprint density at radius 3 is 2.19 bits per heavy atom. The van der Waals surface area contributed by atoms with Crippen LogP contribution in [0.1, 0.15) is 24.1 Å². The van der Waals surface area contributed by atoms with Crippen LogP contribution in [0.2, 0.25) is 0 Å². The van der Waals surface area contributed by atoms with Gasteiger partial charge >= 0.3 is 12.4 Å². The fraction of sp³-hybridized carbons (Fsp3) is 0.250. The van der Waals surface area contributed by atoms with Crippen LogP contribution >= 0.6 is 0 Å². The zero-order chi connectivity index (χ0) is 19.7. The Balaban J connectivity index is 2.34. The molecule has 1 N–H and O–H groups in total. The molecule has 0 aliphatic rings. The fourth-order valence-electron chi connectivity index (χ4n) is 2.18. The molecule has 1 heterocycles. The van der Waals surface area contributed by atoms with Crippen molar-refractivity contribution in [2.45, 2.75) is 25.3 Å². The van der Waals surface area contributed by atoms with Gasteiger partial charge in [0.2, 0.25) is 5.91 Å². The molecule has 0 aliphatic heterocycles. The number of anilines is 1. The molecule has 0 fully saturated rings. The van der Waals surface area contributed by atoms with Crippen molar-refractivity contribution < 1.29 is 31.1 Å². The quantitative estimate of drug-likeness (QED) is 0.819. The minimum absolute atomic E-state index is 0.447. The molecule has 0 spiro atoms. The number of halogens is 6. The maximum absolute atomic E-state index is 12.9. The van der Waals surface area contributed by atoms with E-state index >= 15 is 0 Å². The minimum Gasteiger partial charge on any atom is -0.324 e. The average molecular weight is 378 g/mol. The first-order valence-corrected chi connectivity index (χ1v) is 7.17. The van der Waals surface area contributed by atoms with Crippen molar-refractivity contribution in [2.24, 2.45) is 0 Å². The van der Waals surface area contributed by atoms with E-state index < -0.39 is 46.7 Å². The van der Waals surface area contributed by atoms with Crippen LogP contribution in [0.3, 0.4) is 0 Å². The minimum atomic E-state index is -4.74. The van der Waals surface area contributed by atoms with E-state index in [1.807, 2.05) is 5.32 Å². The molecule has 4 nitrogen and oxygen atoms in total. The molecule has 2 aromatic rings. The van der Waals surface area contributed by atoms with Gasteiger partial charge in [0.25, 0.3) is 5.56 Å². The molecule has 2 rings (SSSR count). The lowest BCUT2D eigenvalue weighted by Crippen LogP contribution is -2.32. The second-order valence-electron chi connectivity index (χ2n) is 5.37. The smallest absolute Gasteiger partial charge is 0.324 e. The zero-order valence-electron chi connectivity index (χ0n) is 13.2. The van der Waals surface area contributed by atoms with Crippen LogP contribution in [0.25, 0.3) is 0 Å². The topological polar surface area (TPSA) is 51.1 Å². The Morgan fingerprint density at radius 2 is 1.62 bits per heavy atom. The Morgan fingerprint density at radius 1 is 1.00 bits per heavy atom. The first kappa shape index (κ1) is 19.5.